The normalized spacial score (nSPS) is 15.0. The van der Waals surface area contributed by atoms with E-state index in [1.165, 1.54) is 0 Å². The van der Waals surface area contributed by atoms with Crippen molar-refractivity contribution in [3.63, 3.8) is 0 Å². The molecule has 0 saturated heterocycles. The van der Waals surface area contributed by atoms with Crippen molar-refractivity contribution in [1.29, 1.82) is 0 Å². The molecule has 0 radical (unpaired) electrons. The summed E-state index contributed by atoms with van der Waals surface area (Å²) < 4.78 is 0. The van der Waals surface area contributed by atoms with Gasteiger partial charge in [-0.25, -0.2) is 0 Å². The minimum absolute atomic E-state index is 0.162. The first-order valence-electron chi connectivity index (χ1n) is 4.92. The van der Waals surface area contributed by atoms with Gasteiger partial charge in [-0.1, -0.05) is 30.4 Å². The summed E-state index contributed by atoms with van der Waals surface area (Å²) in [5, 5.41) is 0. The predicted octanol–water partition coefficient (Wildman–Crippen LogP) is 2.37. The second-order valence-corrected chi connectivity index (χ2v) is 3.74. The van der Waals surface area contributed by atoms with Crippen molar-refractivity contribution in [3.05, 3.63) is 42.0 Å². The lowest BCUT2D eigenvalue weighted by atomic mass is 10.2. The highest BCUT2D eigenvalue weighted by Crippen LogP contribution is 2.27. The fraction of sp³-hybridized carbons (Fsp3) is 0.250. The lowest BCUT2D eigenvalue weighted by Gasteiger charge is -2.14. The summed E-state index contributed by atoms with van der Waals surface area (Å²) in [5.41, 5.74) is 2.14. The standard InChI is InChI=1S/C12H12ClNO/c13-7-3-4-8-14-11-6-2-1-5-10(11)9-12(14)15/h1-6H,7-9H2/b4-3-. The molecule has 0 aliphatic carbocycles. The molecule has 1 aromatic rings. The first-order chi connectivity index (χ1) is 7.33. The molecule has 1 aliphatic rings. The molecule has 0 saturated carbocycles. The summed E-state index contributed by atoms with van der Waals surface area (Å²) in [4.78, 5) is 13.5. The highest BCUT2D eigenvalue weighted by Gasteiger charge is 2.25. The van der Waals surface area contributed by atoms with Gasteiger partial charge in [-0.2, -0.15) is 0 Å². The molecular formula is C12H12ClNO. The summed E-state index contributed by atoms with van der Waals surface area (Å²) >= 11 is 5.53. The van der Waals surface area contributed by atoms with E-state index in [2.05, 4.69) is 0 Å². The molecule has 0 aromatic heterocycles. The van der Waals surface area contributed by atoms with Gasteiger partial charge in [-0.05, 0) is 11.6 Å². The minimum atomic E-state index is 0.162. The first kappa shape index (κ1) is 10.2. The van der Waals surface area contributed by atoms with Crippen LogP contribution in [-0.2, 0) is 11.2 Å². The Morgan fingerprint density at radius 2 is 2.13 bits per heavy atom. The number of carbonyl (C=O) groups excluding carboxylic acids is 1. The second-order valence-electron chi connectivity index (χ2n) is 3.44. The summed E-state index contributed by atoms with van der Waals surface area (Å²) in [5.74, 6) is 0.652. The van der Waals surface area contributed by atoms with Crippen LogP contribution >= 0.6 is 11.6 Å². The molecule has 2 nitrogen and oxygen atoms in total. The number of alkyl halides is 1. The number of benzene rings is 1. The van der Waals surface area contributed by atoms with Crippen LogP contribution in [-0.4, -0.2) is 18.3 Å². The minimum Gasteiger partial charge on any atom is -0.308 e. The van der Waals surface area contributed by atoms with Crippen LogP contribution in [0.3, 0.4) is 0 Å². The Balaban J connectivity index is 2.18. The zero-order valence-corrected chi connectivity index (χ0v) is 9.07. The molecule has 15 heavy (non-hydrogen) atoms. The molecule has 78 valence electrons. The maximum Gasteiger partial charge on any atom is 0.231 e. The van der Waals surface area contributed by atoms with Gasteiger partial charge in [-0.15, -0.1) is 11.6 Å². The van der Waals surface area contributed by atoms with Crippen molar-refractivity contribution in [1.82, 2.24) is 0 Å². The number of carbonyl (C=O) groups is 1. The first-order valence-corrected chi connectivity index (χ1v) is 5.45. The van der Waals surface area contributed by atoms with E-state index in [9.17, 15) is 4.79 Å². The average Bonchev–Trinajstić information content (AvgIpc) is 2.56. The van der Waals surface area contributed by atoms with Crippen molar-refractivity contribution in [2.75, 3.05) is 17.3 Å². The topological polar surface area (TPSA) is 20.3 Å². The van der Waals surface area contributed by atoms with E-state index in [0.717, 1.165) is 11.3 Å². The molecule has 1 amide bonds. The van der Waals surface area contributed by atoms with Crippen molar-refractivity contribution in [2.45, 2.75) is 6.42 Å². The third kappa shape index (κ3) is 2.05. The van der Waals surface area contributed by atoms with Crippen LogP contribution in [0.15, 0.2) is 36.4 Å². The van der Waals surface area contributed by atoms with Gasteiger partial charge in [0.05, 0.1) is 6.42 Å². The SMILES string of the molecule is O=C1Cc2ccccc2N1C/C=C\CCl. The number of nitrogens with zero attached hydrogens (tertiary/aromatic N) is 1. The van der Waals surface area contributed by atoms with Crippen LogP contribution in [0.1, 0.15) is 5.56 Å². The Labute approximate surface area is 94.2 Å². The third-order valence-electron chi connectivity index (χ3n) is 2.47. The fourth-order valence-electron chi connectivity index (χ4n) is 1.76. The van der Waals surface area contributed by atoms with E-state index in [1.54, 1.807) is 4.90 Å². The van der Waals surface area contributed by atoms with E-state index in [-0.39, 0.29) is 5.91 Å². The van der Waals surface area contributed by atoms with Crippen LogP contribution in [0.25, 0.3) is 0 Å². The Morgan fingerprint density at radius 3 is 2.93 bits per heavy atom. The van der Waals surface area contributed by atoms with Crippen LogP contribution in [0, 0.1) is 0 Å². The molecule has 1 aromatic carbocycles. The Bertz CT molecular complexity index is 400. The summed E-state index contributed by atoms with van der Waals surface area (Å²) in [7, 11) is 0. The van der Waals surface area contributed by atoms with Gasteiger partial charge in [0.25, 0.3) is 0 Å². The van der Waals surface area contributed by atoms with Crippen molar-refractivity contribution in [3.8, 4) is 0 Å². The Morgan fingerprint density at radius 1 is 1.33 bits per heavy atom. The van der Waals surface area contributed by atoms with Crippen molar-refractivity contribution < 1.29 is 4.79 Å². The molecule has 0 bridgehead atoms. The van der Waals surface area contributed by atoms with E-state index in [1.807, 2.05) is 36.4 Å². The number of rotatable bonds is 3. The summed E-state index contributed by atoms with van der Waals surface area (Å²) in [6.07, 6.45) is 4.30. The Kier molecular flexibility index (Phi) is 3.07. The highest BCUT2D eigenvalue weighted by atomic mass is 35.5. The number of hydrogen-bond acceptors (Lipinski definition) is 1. The predicted molar refractivity (Wildman–Crippen MR) is 62.4 cm³/mol. The summed E-state index contributed by atoms with van der Waals surface area (Å²) in [6, 6.07) is 7.90. The average molecular weight is 222 g/mol. The molecule has 0 spiro atoms. The maximum absolute atomic E-state index is 11.7. The molecule has 1 heterocycles. The molecule has 1 aliphatic heterocycles. The van der Waals surface area contributed by atoms with E-state index < -0.39 is 0 Å². The number of halogens is 1. The largest absolute Gasteiger partial charge is 0.308 e. The van der Waals surface area contributed by atoms with Crippen LogP contribution in [0.2, 0.25) is 0 Å². The number of hydrogen-bond donors (Lipinski definition) is 0. The van der Waals surface area contributed by atoms with E-state index >= 15 is 0 Å². The monoisotopic (exact) mass is 221 g/mol. The second kappa shape index (κ2) is 4.49. The van der Waals surface area contributed by atoms with Crippen LogP contribution < -0.4 is 4.90 Å². The zero-order chi connectivity index (χ0) is 10.7. The van der Waals surface area contributed by atoms with Gasteiger partial charge in [0.1, 0.15) is 0 Å². The third-order valence-corrected chi connectivity index (χ3v) is 2.65. The van der Waals surface area contributed by atoms with Gasteiger partial charge in [-0.3, -0.25) is 4.79 Å². The van der Waals surface area contributed by atoms with Crippen LogP contribution in [0.5, 0.6) is 0 Å². The Hall–Kier alpha value is -1.28. The van der Waals surface area contributed by atoms with Gasteiger partial charge >= 0.3 is 0 Å². The number of amides is 1. The van der Waals surface area contributed by atoms with E-state index in [0.29, 0.717) is 18.8 Å². The lowest BCUT2D eigenvalue weighted by molar-refractivity contribution is -0.117. The van der Waals surface area contributed by atoms with Gasteiger partial charge in [0.2, 0.25) is 5.91 Å². The number of fused-ring (bicyclic) bond motifs is 1. The molecule has 0 unspecified atom stereocenters. The van der Waals surface area contributed by atoms with E-state index in [4.69, 9.17) is 11.6 Å². The molecule has 0 atom stereocenters. The number of anilines is 1. The highest BCUT2D eigenvalue weighted by molar-refractivity contribution is 6.18. The zero-order valence-electron chi connectivity index (χ0n) is 8.32. The smallest absolute Gasteiger partial charge is 0.231 e. The maximum atomic E-state index is 11.7. The number of para-hydroxylation sites is 1. The molecular weight excluding hydrogens is 210 g/mol. The summed E-state index contributed by atoms with van der Waals surface area (Å²) in [6.45, 7) is 0.614. The van der Waals surface area contributed by atoms with Gasteiger partial charge < -0.3 is 4.90 Å². The van der Waals surface area contributed by atoms with Crippen molar-refractivity contribution in [2.24, 2.45) is 0 Å². The van der Waals surface area contributed by atoms with Gasteiger partial charge in [0.15, 0.2) is 0 Å². The molecule has 3 heteroatoms. The molecule has 2 rings (SSSR count). The lowest BCUT2D eigenvalue weighted by Crippen LogP contribution is -2.26. The molecule has 0 N–H and O–H groups in total. The van der Waals surface area contributed by atoms with Crippen molar-refractivity contribution >= 4 is 23.2 Å². The van der Waals surface area contributed by atoms with Crippen LogP contribution in [0.4, 0.5) is 5.69 Å². The fourth-order valence-corrected chi connectivity index (χ4v) is 1.89. The quantitative estimate of drug-likeness (QED) is 0.567. The van der Waals surface area contributed by atoms with Gasteiger partial charge in [0, 0.05) is 18.1 Å². The number of allylic oxidation sites excluding steroid dienone is 1. The molecule has 0 fully saturated rings.